The Balaban J connectivity index is 1.93. The fourth-order valence-electron chi connectivity index (χ4n) is 2.08. The number of likely N-dealkylation sites (tertiary alicyclic amines) is 1. The van der Waals surface area contributed by atoms with Gasteiger partial charge in [0.25, 0.3) is 0 Å². The molecule has 1 atom stereocenters. The van der Waals surface area contributed by atoms with Gasteiger partial charge in [0.1, 0.15) is 5.82 Å². The van der Waals surface area contributed by atoms with E-state index >= 15 is 0 Å². The summed E-state index contributed by atoms with van der Waals surface area (Å²) in [5, 5.41) is 3.10. The van der Waals surface area contributed by atoms with Gasteiger partial charge in [-0.1, -0.05) is 6.92 Å². The zero-order chi connectivity index (χ0) is 13.1. The minimum atomic E-state index is -0.402. The molecule has 1 fully saturated rings. The van der Waals surface area contributed by atoms with Gasteiger partial charge in [-0.2, -0.15) is 0 Å². The van der Waals surface area contributed by atoms with Gasteiger partial charge in [0.15, 0.2) is 0 Å². The van der Waals surface area contributed by atoms with Crippen molar-refractivity contribution in [3.8, 4) is 0 Å². The Morgan fingerprint density at radius 3 is 2.89 bits per heavy atom. The van der Waals surface area contributed by atoms with Crippen molar-refractivity contribution in [1.29, 1.82) is 0 Å². The fraction of sp³-hybridized carbons (Fsp3) is 0.583. The predicted octanol–water partition coefficient (Wildman–Crippen LogP) is 0.0472. The number of aryl methyl sites for hydroxylation is 1. The van der Waals surface area contributed by atoms with Crippen molar-refractivity contribution in [3.05, 3.63) is 18.2 Å². The van der Waals surface area contributed by atoms with Gasteiger partial charge in [-0.3, -0.25) is 19.8 Å². The first-order valence-electron chi connectivity index (χ1n) is 6.17. The lowest BCUT2D eigenvalue weighted by molar-refractivity contribution is -0.138. The largest absolute Gasteiger partial charge is 0.337 e. The highest BCUT2D eigenvalue weighted by molar-refractivity contribution is 6.05. The number of rotatable bonds is 5. The number of imide groups is 1. The summed E-state index contributed by atoms with van der Waals surface area (Å²) in [5.41, 5.74) is 0. The predicted molar refractivity (Wildman–Crippen MR) is 65.5 cm³/mol. The van der Waals surface area contributed by atoms with Crippen LogP contribution in [0.4, 0.5) is 0 Å². The third-order valence-corrected chi connectivity index (χ3v) is 3.12. The summed E-state index contributed by atoms with van der Waals surface area (Å²) in [4.78, 5) is 29.1. The first-order chi connectivity index (χ1) is 8.63. The molecule has 1 aromatic heterocycles. The van der Waals surface area contributed by atoms with Crippen LogP contribution in [0, 0.1) is 0 Å². The Labute approximate surface area is 106 Å². The van der Waals surface area contributed by atoms with Crippen molar-refractivity contribution in [2.45, 2.75) is 32.4 Å². The summed E-state index contributed by atoms with van der Waals surface area (Å²) < 4.78 is 1.89. The van der Waals surface area contributed by atoms with Gasteiger partial charge in [-0.25, -0.2) is 4.98 Å². The second-order valence-corrected chi connectivity index (χ2v) is 4.48. The molecule has 2 amide bonds. The molecule has 1 aliphatic rings. The van der Waals surface area contributed by atoms with Gasteiger partial charge < -0.3 is 4.57 Å². The molecular weight excluding hydrogens is 232 g/mol. The standard InChI is InChI=1S/C12H18N4O2/c1-3-5-16-11(17)7-9(12(16)18)14-8-10-13-4-6-15(10)2/h4,6,9,14H,3,5,7-8H2,1-2H3. The van der Waals surface area contributed by atoms with E-state index in [1.165, 1.54) is 4.90 Å². The third-order valence-electron chi connectivity index (χ3n) is 3.12. The maximum absolute atomic E-state index is 12.0. The molecule has 98 valence electrons. The number of amides is 2. The topological polar surface area (TPSA) is 67.2 Å². The van der Waals surface area contributed by atoms with Crippen LogP contribution in [0.25, 0.3) is 0 Å². The number of aromatic nitrogens is 2. The van der Waals surface area contributed by atoms with E-state index in [4.69, 9.17) is 0 Å². The van der Waals surface area contributed by atoms with E-state index in [0.717, 1.165) is 12.2 Å². The van der Waals surface area contributed by atoms with Gasteiger partial charge in [0.05, 0.1) is 19.0 Å². The molecule has 0 aromatic carbocycles. The quantitative estimate of drug-likeness (QED) is 0.750. The number of imidazole rings is 1. The van der Waals surface area contributed by atoms with E-state index in [1.807, 2.05) is 24.7 Å². The van der Waals surface area contributed by atoms with E-state index < -0.39 is 6.04 Å². The van der Waals surface area contributed by atoms with Crippen LogP contribution < -0.4 is 5.32 Å². The summed E-state index contributed by atoms with van der Waals surface area (Å²) in [5.74, 6) is 0.652. The number of nitrogens with one attached hydrogen (secondary N) is 1. The van der Waals surface area contributed by atoms with Gasteiger partial charge >= 0.3 is 0 Å². The van der Waals surface area contributed by atoms with Crippen LogP contribution in [-0.4, -0.2) is 38.9 Å². The Morgan fingerprint density at radius 1 is 1.50 bits per heavy atom. The Morgan fingerprint density at radius 2 is 2.28 bits per heavy atom. The highest BCUT2D eigenvalue weighted by Gasteiger charge is 2.37. The molecule has 0 aliphatic carbocycles. The van der Waals surface area contributed by atoms with Crippen molar-refractivity contribution in [2.24, 2.45) is 7.05 Å². The van der Waals surface area contributed by atoms with Crippen molar-refractivity contribution in [1.82, 2.24) is 19.8 Å². The zero-order valence-electron chi connectivity index (χ0n) is 10.7. The van der Waals surface area contributed by atoms with E-state index in [1.54, 1.807) is 6.20 Å². The van der Waals surface area contributed by atoms with Crippen LogP contribution in [0.2, 0.25) is 0 Å². The second kappa shape index (κ2) is 5.30. The Bertz CT molecular complexity index is 455. The molecule has 0 bridgehead atoms. The number of hydrogen-bond donors (Lipinski definition) is 1. The van der Waals surface area contributed by atoms with E-state index in [0.29, 0.717) is 13.1 Å². The number of nitrogens with zero attached hydrogens (tertiary/aromatic N) is 3. The van der Waals surface area contributed by atoms with Crippen LogP contribution in [0.3, 0.4) is 0 Å². The van der Waals surface area contributed by atoms with Crippen LogP contribution >= 0.6 is 0 Å². The first-order valence-corrected chi connectivity index (χ1v) is 6.17. The molecule has 1 aromatic rings. The number of hydrogen-bond acceptors (Lipinski definition) is 4. The van der Waals surface area contributed by atoms with Crippen LogP contribution in [0.15, 0.2) is 12.4 Å². The fourth-order valence-corrected chi connectivity index (χ4v) is 2.08. The molecule has 1 unspecified atom stereocenters. The van der Waals surface area contributed by atoms with Gasteiger partial charge in [0.2, 0.25) is 11.8 Å². The highest BCUT2D eigenvalue weighted by atomic mass is 16.2. The van der Waals surface area contributed by atoms with E-state index in [-0.39, 0.29) is 18.2 Å². The SMILES string of the molecule is CCCN1C(=O)CC(NCc2nccn2C)C1=O. The van der Waals surface area contributed by atoms with Gasteiger partial charge in [-0.05, 0) is 6.42 Å². The third kappa shape index (κ3) is 2.43. The lowest BCUT2D eigenvalue weighted by atomic mass is 10.2. The summed E-state index contributed by atoms with van der Waals surface area (Å²) in [6.07, 6.45) is 4.61. The molecule has 1 aliphatic heterocycles. The van der Waals surface area contributed by atoms with Gasteiger partial charge in [-0.15, -0.1) is 0 Å². The van der Waals surface area contributed by atoms with Crippen LogP contribution in [0.5, 0.6) is 0 Å². The molecule has 2 heterocycles. The monoisotopic (exact) mass is 250 g/mol. The minimum absolute atomic E-state index is 0.0841. The average Bonchev–Trinajstić information content (AvgIpc) is 2.86. The Hall–Kier alpha value is -1.69. The summed E-state index contributed by atoms with van der Waals surface area (Å²) in [6.45, 7) is 2.96. The molecule has 0 saturated carbocycles. The summed E-state index contributed by atoms with van der Waals surface area (Å²) in [6, 6.07) is -0.402. The second-order valence-electron chi connectivity index (χ2n) is 4.48. The van der Waals surface area contributed by atoms with Crippen LogP contribution in [-0.2, 0) is 23.2 Å². The first kappa shape index (κ1) is 12.8. The number of carbonyl (C=O) groups excluding carboxylic acids is 2. The minimum Gasteiger partial charge on any atom is -0.337 e. The molecule has 2 rings (SSSR count). The molecule has 1 N–H and O–H groups in total. The van der Waals surface area contributed by atoms with Crippen molar-refractivity contribution in [2.75, 3.05) is 6.54 Å². The zero-order valence-corrected chi connectivity index (χ0v) is 10.7. The average molecular weight is 250 g/mol. The normalized spacial score (nSPS) is 19.9. The van der Waals surface area contributed by atoms with Crippen molar-refractivity contribution in [3.63, 3.8) is 0 Å². The Kier molecular flexibility index (Phi) is 3.76. The molecule has 18 heavy (non-hydrogen) atoms. The van der Waals surface area contributed by atoms with E-state index in [9.17, 15) is 9.59 Å². The number of carbonyl (C=O) groups is 2. The molecule has 1 saturated heterocycles. The molecular formula is C12H18N4O2. The van der Waals surface area contributed by atoms with Crippen molar-refractivity contribution < 1.29 is 9.59 Å². The maximum atomic E-state index is 12.0. The van der Waals surface area contributed by atoms with Gasteiger partial charge in [0, 0.05) is 26.0 Å². The van der Waals surface area contributed by atoms with E-state index in [2.05, 4.69) is 10.3 Å². The van der Waals surface area contributed by atoms with Crippen molar-refractivity contribution >= 4 is 11.8 Å². The van der Waals surface area contributed by atoms with Crippen LogP contribution in [0.1, 0.15) is 25.6 Å². The molecule has 0 radical (unpaired) electrons. The summed E-state index contributed by atoms with van der Waals surface area (Å²) in [7, 11) is 1.90. The molecule has 6 heteroatoms. The highest BCUT2D eigenvalue weighted by Crippen LogP contribution is 2.13. The smallest absolute Gasteiger partial charge is 0.246 e. The maximum Gasteiger partial charge on any atom is 0.246 e. The summed E-state index contributed by atoms with van der Waals surface area (Å²) >= 11 is 0. The lowest BCUT2D eigenvalue weighted by Crippen LogP contribution is -2.39. The molecule has 6 nitrogen and oxygen atoms in total. The molecule has 0 spiro atoms. The lowest BCUT2D eigenvalue weighted by Gasteiger charge is -2.14.